The van der Waals surface area contributed by atoms with Gasteiger partial charge in [0.15, 0.2) is 0 Å². The molecule has 0 amide bonds. The van der Waals surface area contributed by atoms with Crippen molar-refractivity contribution in [1.82, 2.24) is 0 Å². The van der Waals surface area contributed by atoms with Crippen LogP contribution in [0, 0.1) is 5.82 Å². The van der Waals surface area contributed by atoms with E-state index < -0.39 is 0 Å². The Morgan fingerprint density at radius 3 is 2.69 bits per heavy atom. The normalized spacial score (nSPS) is 11.8. The molecule has 1 aromatic rings. The second-order valence-electron chi connectivity index (χ2n) is 3.23. The Hall–Kier alpha value is -1.11. The third kappa shape index (κ3) is 3.02. The van der Waals surface area contributed by atoms with Gasteiger partial charge in [0.25, 0.3) is 0 Å². The third-order valence-corrected chi connectivity index (χ3v) is 1.98. The van der Waals surface area contributed by atoms with Crippen molar-refractivity contribution in [2.75, 3.05) is 0 Å². The zero-order valence-corrected chi connectivity index (χ0v) is 8.18. The molecule has 0 spiro atoms. The topological polar surface area (TPSA) is 0 Å². The van der Waals surface area contributed by atoms with Gasteiger partial charge in [-0.1, -0.05) is 36.8 Å². The molecule has 70 valence electrons. The van der Waals surface area contributed by atoms with E-state index in [4.69, 9.17) is 0 Å². The monoisotopic (exact) mass is 178 g/mol. The fraction of sp³-hybridized carbons (Fsp3) is 0.333. The summed E-state index contributed by atoms with van der Waals surface area (Å²) in [4.78, 5) is 0. The first-order chi connectivity index (χ1) is 6.24. The summed E-state index contributed by atoms with van der Waals surface area (Å²) in [6.45, 7) is 4.13. The van der Waals surface area contributed by atoms with Gasteiger partial charge in [-0.3, -0.25) is 0 Å². The minimum Gasteiger partial charge on any atom is -0.207 e. The molecular formula is C12H15F. The minimum atomic E-state index is -0.105. The van der Waals surface area contributed by atoms with E-state index in [2.05, 4.69) is 13.0 Å². The van der Waals surface area contributed by atoms with Gasteiger partial charge in [-0.15, -0.1) is 0 Å². The largest absolute Gasteiger partial charge is 0.207 e. The molecule has 0 fully saturated rings. The van der Waals surface area contributed by atoms with Crippen molar-refractivity contribution in [2.24, 2.45) is 0 Å². The highest BCUT2D eigenvalue weighted by Crippen LogP contribution is 2.11. The standard InChI is InChI=1S/C12H15F/c1-3-6-10(2)9-11-7-4-5-8-12(11)13/h4-8H,3,9H2,1-2H3/b10-6-. The lowest BCUT2D eigenvalue weighted by Gasteiger charge is -2.02. The van der Waals surface area contributed by atoms with Crippen molar-refractivity contribution in [3.8, 4) is 0 Å². The van der Waals surface area contributed by atoms with Crippen molar-refractivity contribution in [3.63, 3.8) is 0 Å². The van der Waals surface area contributed by atoms with Gasteiger partial charge in [-0.2, -0.15) is 0 Å². The number of benzene rings is 1. The van der Waals surface area contributed by atoms with Crippen LogP contribution in [0.4, 0.5) is 4.39 Å². The van der Waals surface area contributed by atoms with Crippen LogP contribution >= 0.6 is 0 Å². The summed E-state index contributed by atoms with van der Waals surface area (Å²) in [5, 5.41) is 0. The van der Waals surface area contributed by atoms with Crippen LogP contribution in [0.25, 0.3) is 0 Å². The van der Waals surface area contributed by atoms with Crippen LogP contribution in [-0.4, -0.2) is 0 Å². The molecule has 0 heterocycles. The molecule has 0 saturated heterocycles. The van der Waals surface area contributed by atoms with Gasteiger partial charge in [-0.25, -0.2) is 4.39 Å². The maximum Gasteiger partial charge on any atom is 0.126 e. The second-order valence-corrected chi connectivity index (χ2v) is 3.23. The molecule has 0 atom stereocenters. The lowest BCUT2D eigenvalue weighted by Crippen LogP contribution is -1.90. The maximum atomic E-state index is 13.2. The van der Waals surface area contributed by atoms with Crippen LogP contribution in [0.5, 0.6) is 0 Å². The zero-order valence-electron chi connectivity index (χ0n) is 8.18. The lowest BCUT2D eigenvalue weighted by molar-refractivity contribution is 0.613. The smallest absolute Gasteiger partial charge is 0.126 e. The number of allylic oxidation sites excluding steroid dienone is 2. The first-order valence-electron chi connectivity index (χ1n) is 4.63. The number of hydrogen-bond acceptors (Lipinski definition) is 0. The molecular weight excluding hydrogens is 163 g/mol. The highest BCUT2D eigenvalue weighted by atomic mass is 19.1. The van der Waals surface area contributed by atoms with Crippen molar-refractivity contribution < 1.29 is 4.39 Å². The molecule has 0 bridgehead atoms. The molecule has 0 aromatic heterocycles. The van der Waals surface area contributed by atoms with Gasteiger partial charge in [0.2, 0.25) is 0 Å². The van der Waals surface area contributed by atoms with Gasteiger partial charge < -0.3 is 0 Å². The van der Waals surface area contributed by atoms with Crippen molar-refractivity contribution in [3.05, 3.63) is 47.3 Å². The summed E-state index contributed by atoms with van der Waals surface area (Å²) in [5.74, 6) is -0.105. The van der Waals surface area contributed by atoms with Gasteiger partial charge in [0, 0.05) is 0 Å². The van der Waals surface area contributed by atoms with Crippen LogP contribution in [0.15, 0.2) is 35.9 Å². The molecule has 1 rings (SSSR count). The Kier molecular flexibility index (Phi) is 3.69. The average molecular weight is 178 g/mol. The molecule has 13 heavy (non-hydrogen) atoms. The van der Waals surface area contributed by atoms with Crippen LogP contribution in [-0.2, 0) is 6.42 Å². The summed E-state index contributed by atoms with van der Waals surface area (Å²) in [6, 6.07) is 6.94. The number of hydrogen-bond donors (Lipinski definition) is 0. The molecule has 0 radical (unpaired) electrons. The first-order valence-corrected chi connectivity index (χ1v) is 4.63. The van der Waals surface area contributed by atoms with Gasteiger partial charge in [-0.05, 0) is 31.4 Å². The summed E-state index contributed by atoms with van der Waals surface area (Å²) in [7, 11) is 0. The molecule has 1 heteroatoms. The summed E-state index contributed by atoms with van der Waals surface area (Å²) >= 11 is 0. The van der Waals surface area contributed by atoms with Crippen molar-refractivity contribution >= 4 is 0 Å². The van der Waals surface area contributed by atoms with E-state index >= 15 is 0 Å². The molecule has 0 aliphatic carbocycles. The van der Waals surface area contributed by atoms with E-state index in [0.717, 1.165) is 18.4 Å². The quantitative estimate of drug-likeness (QED) is 0.619. The highest BCUT2D eigenvalue weighted by Gasteiger charge is 2.00. The minimum absolute atomic E-state index is 0.105. The number of rotatable bonds is 3. The third-order valence-electron chi connectivity index (χ3n) is 1.98. The Morgan fingerprint density at radius 1 is 1.38 bits per heavy atom. The van der Waals surface area contributed by atoms with Crippen LogP contribution in [0.3, 0.4) is 0 Å². The van der Waals surface area contributed by atoms with Gasteiger partial charge >= 0.3 is 0 Å². The summed E-state index contributed by atoms with van der Waals surface area (Å²) < 4.78 is 13.2. The summed E-state index contributed by atoms with van der Waals surface area (Å²) in [6.07, 6.45) is 3.87. The molecule has 0 aliphatic rings. The zero-order chi connectivity index (χ0) is 9.68. The van der Waals surface area contributed by atoms with Gasteiger partial charge in [0.05, 0.1) is 0 Å². The Labute approximate surface area is 79.1 Å². The highest BCUT2D eigenvalue weighted by molar-refractivity contribution is 5.22. The van der Waals surface area contributed by atoms with E-state index in [9.17, 15) is 4.39 Å². The van der Waals surface area contributed by atoms with E-state index in [1.807, 2.05) is 19.1 Å². The molecule has 0 unspecified atom stereocenters. The summed E-state index contributed by atoms with van der Waals surface area (Å²) in [5.41, 5.74) is 2.01. The van der Waals surface area contributed by atoms with Crippen molar-refractivity contribution in [2.45, 2.75) is 26.7 Å². The van der Waals surface area contributed by atoms with E-state index in [1.165, 1.54) is 11.6 Å². The van der Waals surface area contributed by atoms with Crippen LogP contribution in [0.2, 0.25) is 0 Å². The first kappa shape index (κ1) is 9.97. The molecule has 1 aromatic carbocycles. The predicted molar refractivity (Wildman–Crippen MR) is 54.2 cm³/mol. The van der Waals surface area contributed by atoms with E-state index in [1.54, 1.807) is 6.07 Å². The van der Waals surface area contributed by atoms with E-state index in [0.29, 0.717) is 0 Å². The number of halogens is 1. The predicted octanol–water partition coefficient (Wildman–Crippen LogP) is 3.72. The molecule has 0 saturated carbocycles. The molecule has 0 N–H and O–H groups in total. The lowest BCUT2D eigenvalue weighted by atomic mass is 10.1. The molecule has 0 nitrogen and oxygen atoms in total. The van der Waals surface area contributed by atoms with Crippen molar-refractivity contribution in [1.29, 1.82) is 0 Å². The molecule has 0 aliphatic heterocycles. The Morgan fingerprint density at radius 2 is 2.08 bits per heavy atom. The van der Waals surface area contributed by atoms with Crippen LogP contribution < -0.4 is 0 Å². The van der Waals surface area contributed by atoms with Crippen LogP contribution in [0.1, 0.15) is 25.8 Å². The van der Waals surface area contributed by atoms with E-state index in [-0.39, 0.29) is 5.82 Å². The Balaban J connectivity index is 2.74. The average Bonchev–Trinajstić information content (AvgIpc) is 2.09. The fourth-order valence-electron chi connectivity index (χ4n) is 1.36. The Bertz CT molecular complexity index is 300. The van der Waals surface area contributed by atoms with Gasteiger partial charge in [0.1, 0.15) is 5.82 Å². The SMILES string of the molecule is CC/C=C(/C)Cc1ccccc1F. The fourth-order valence-corrected chi connectivity index (χ4v) is 1.36. The second kappa shape index (κ2) is 4.80. The maximum absolute atomic E-state index is 13.2.